The van der Waals surface area contributed by atoms with Gasteiger partial charge in [-0.3, -0.25) is 4.79 Å². The van der Waals surface area contributed by atoms with E-state index in [1.807, 2.05) is 6.92 Å². The van der Waals surface area contributed by atoms with Crippen LogP contribution in [-0.2, 0) is 9.53 Å². The van der Waals surface area contributed by atoms with Crippen LogP contribution >= 0.6 is 35.0 Å². The number of thioether (sulfide) groups is 1. The van der Waals surface area contributed by atoms with Crippen molar-refractivity contribution in [2.45, 2.75) is 12.5 Å². The van der Waals surface area contributed by atoms with Crippen molar-refractivity contribution in [3.8, 4) is 0 Å². The molecule has 2 aromatic rings. The first kappa shape index (κ1) is 21.6. The lowest BCUT2D eigenvalue weighted by molar-refractivity contribution is -0.118. The fourth-order valence-corrected chi connectivity index (χ4v) is 3.25. The minimum atomic E-state index is -0.948. The zero-order valence-corrected chi connectivity index (χ0v) is 18.1. The molecule has 0 saturated carbocycles. The third-order valence-electron chi connectivity index (χ3n) is 4.36. The van der Waals surface area contributed by atoms with Crippen LogP contribution in [0.3, 0.4) is 0 Å². The van der Waals surface area contributed by atoms with Gasteiger partial charge >= 0.3 is 6.03 Å². The first-order valence-corrected chi connectivity index (χ1v) is 10.7. The average Bonchev–Trinajstić information content (AvgIpc) is 3.06. The Labute approximate surface area is 183 Å². The summed E-state index contributed by atoms with van der Waals surface area (Å²) in [6.45, 7) is 1.88. The van der Waals surface area contributed by atoms with Crippen molar-refractivity contribution in [2.24, 2.45) is 5.10 Å². The second-order valence-electron chi connectivity index (χ2n) is 6.55. The minimum absolute atomic E-state index is 0.0864. The molecule has 1 heterocycles. The maximum atomic E-state index is 12.7. The van der Waals surface area contributed by atoms with Gasteiger partial charge in [-0.2, -0.15) is 5.10 Å². The van der Waals surface area contributed by atoms with E-state index in [0.29, 0.717) is 21.4 Å². The van der Waals surface area contributed by atoms with E-state index in [1.165, 1.54) is 5.01 Å². The standard InChI is InChI=1S/C20H19Cl2N3O3S/c1-20(28-11-17(26)29-2)12-25(19(27)23-16-9-7-15(22)8-10-16)24-18(20)13-3-5-14(21)6-4-13/h3-10H,11-12H2,1-2H3,(H,23,27). The summed E-state index contributed by atoms with van der Waals surface area (Å²) >= 11 is 13.0. The quantitative estimate of drug-likeness (QED) is 0.700. The van der Waals surface area contributed by atoms with E-state index in [1.54, 1.807) is 54.8 Å². The van der Waals surface area contributed by atoms with E-state index in [4.69, 9.17) is 27.9 Å². The smallest absolute Gasteiger partial charge is 0.342 e. The van der Waals surface area contributed by atoms with E-state index in [-0.39, 0.29) is 18.3 Å². The first-order valence-electron chi connectivity index (χ1n) is 8.70. The fourth-order valence-electron chi connectivity index (χ4n) is 2.82. The van der Waals surface area contributed by atoms with E-state index in [0.717, 1.165) is 17.3 Å². The van der Waals surface area contributed by atoms with Crippen molar-refractivity contribution in [3.63, 3.8) is 0 Å². The molecular weight excluding hydrogens is 433 g/mol. The van der Waals surface area contributed by atoms with Gasteiger partial charge in [0.15, 0.2) is 0 Å². The Morgan fingerprint density at radius 1 is 1.14 bits per heavy atom. The molecule has 0 bridgehead atoms. The number of nitrogens with one attached hydrogen (secondary N) is 1. The molecular formula is C20H19Cl2N3O3S. The number of carbonyl (C=O) groups is 2. The highest BCUT2D eigenvalue weighted by Gasteiger charge is 2.43. The molecule has 6 nitrogen and oxygen atoms in total. The van der Waals surface area contributed by atoms with E-state index >= 15 is 0 Å². The minimum Gasteiger partial charge on any atom is -0.358 e. The van der Waals surface area contributed by atoms with Gasteiger partial charge in [0.1, 0.15) is 17.9 Å². The summed E-state index contributed by atoms with van der Waals surface area (Å²) in [5.41, 5.74) is 0.954. The van der Waals surface area contributed by atoms with Crippen molar-refractivity contribution < 1.29 is 14.3 Å². The Balaban J connectivity index is 1.84. The molecule has 0 radical (unpaired) electrons. The Kier molecular flexibility index (Phi) is 6.85. The molecule has 29 heavy (non-hydrogen) atoms. The van der Waals surface area contributed by atoms with Crippen LogP contribution in [0.15, 0.2) is 53.6 Å². The third kappa shape index (κ3) is 5.30. The Bertz CT molecular complexity index is 935. The SMILES string of the molecule is CSC(=O)COC1(C)CN(C(=O)Nc2ccc(Cl)cc2)N=C1c1ccc(Cl)cc1. The normalized spacial score (nSPS) is 18.5. The van der Waals surface area contributed by atoms with Crippen LogP contribution < -0.4 is 5.32 Å². The summed E-state index contributed by atoms with van der Waals surface area (Å²) in [4.78, 5) is 24.5. The summed E-state index contributed by atoms with van der Waals surface area (Å²) in [5, 5.41) is 9.62. The van der Waals surface area contributed by atoms with Crippen molar-refractivity contribution >= 4 is 57.5 Å². The maximum Gasteiger partial charge on any atom is 0.342 e. The van der Waals surface area contributed by atoms with Gasteiger partial charge < -0.3 is 10.1 Å². The number of nitrogens with zero attached hydrogens (tertiary/aromatic N) is 2. The zero-order valence-electron chi connectivity index (χ0n) is 15.8. The number of rotatable bonds is 5. The lowest BCUT2D eigenvalue weighted by atomic mass is 9.94. The third-order valence-corrected chi connectivity index (χ3v) is 5.43. The number of urea groups is 1. The van der Waals surface area contributed by atoms with Crippen LogP contribution in [0.1, 0.15) is 12.5 Å². The molecule has 2 aromatic carbocycles. The molecule has 1 aliphatic rings. The second kappa shape index (κ2) is 9.17. The number of hydrazone groups is 1. The second-order valence-corrected chi connectivity index (χ2v) is 8.28. The van der Waals surface area contributed by atoms with Crippen LogP contribution in [0.25, 0.3) is 0 Å². The summed E-state index contributed by atoms with van der Waals surface area (Å²) in [7, 11) is 0. The number of hydrogen-bond donors (Lipinski definition) is 1. The van der Waals surface area contributed by atoms with E-state index in [2.05, 4.69) is 10.4 Å². The summed E-state index contributed by atoms with van der Waals surface area (Å²) < 4.78 is 5.91. The number of benzene rings is 2. The molecule has 1 atom stereocenters. The highest BCUT2D eigenvalue weighted by molar-refractivity contribution is 8.13. The predicted molar refractivity (Wildman–Crippen MR) is 118 cm³/mol. The van der Waals surface area contributed by atoms with Gasteiger partial charge in [-0.05, 0) is 49.6 Å². The molecule has 2 amide bonds. The molecule has 3 rings (SSSR count). The van der Waals surface area contributed by atoms with Crippen LogP contribution in [-0.4, -0.2) is 46.9 Å². The lowest BCUT2D eigenvalue weighted by Crippen LogP contribution is -2.44. The van der Waals surface area contributed by atoms with Crippen molar-refractivity contribution in [1.29, 1.82) is 0 Å². The molecule has 9 heteroatoms. The number of ether oxygens (including phenoxy) is 1. The van der Waals surface area contributed by atoms with Gasteiger partial charge in [-0.15, -0.1) is 0 Å². The highest BCUT2D eigenvalue weighted by Crippen LogP contribution is 2.28. The van der Waals surface area contributed by atoms with Gasteiger partial charge in [-0.25, -0.2) is 9.80 Å². The number of anilines is 1. The van der Waals surface area contributed by atoms with Crippen LogP contribution in [0, 0.1) is 0 Å². The van der Waals surface area contributed by atoms with Crippen molar-refractivity contribution in [3.05, 3.63) is 64.1 Å². The summed E-state index contributed by atoms with van der Waals surface area (Å²) in [6.07, 6.45) is 1.70. The number of carbonyl (C=O) groups excluding carboxylic acids is 2. The van der Waals surface area contributed by atoms with E-state index < -0.39 is 11.6 Å². The topological polar surface area (TPSA) is 71.0 Å². The van der Waals surface area contributed by atoms with Gasteiger partial charge in [-0.1, -0.05) is 47.1 Å². The largest absolute Gasteiger partial charge is 0.358 e. The Morgan fingerprint density at radius 3 is 2.31 bits per heavy atom. The maximum absolute atomic E-state index is 12.7. The van der Waals surface area contributed by atoms with Crippen molar-refractivity contribution in [2.75, 3.05) is 24.7 Å². The summed E-state index contributed by atoms with van der Waals surface area (Å²) in [5.74, 6) is 0. The first-order chi connectivity index (χ1) is 13.8. The molecule has 1 aliphatic heterocycles. The Morgan fingerprint density at radius 2 is 1.72 bits per heavy atom. The molecule has 0 aromatic heterocycles. The Hall–Kier alpha value is -2.06. The molecule has 152 valence electrons. The van der Waals surface area contributed by atoms with Crippen LogP contribution in [0.2, 0.25) is 10.0 Å². The molecule has 1 unspecified atom stereocenters. The fraction of sp³-hybridized carbons (Fsp3) is 0.250. The number of hydrogen-bond acceptors (Lipinski definition) is 5. The van der Waals surface area contributed by atoms with Crippen LogP contribution in [0.5, 0.6) is 0 Å². The van der Waals surface area contributed by atoms with Gasteiger partial charge in [0.05, 0.1) is 6.54 Å². The average molecular weight is 452 g/mol. The van der Waals surface area contributed by atoms with E-state index in [9.17, 15) is 9.59 Å². The summed E-state index contributed by atoms with van der Waals surface area (Å²) in [6, 6.07) is 13.4. The zero-order chi connectivity index (χ0) is 21.0. The lowest BCUT2D eigenvalue weighted by Gasteiger charge is -2.26. The highest BCUT2D eigenvalue weighted by atomic mass is 35.5. The number of halogens is 2. The molecule has 0 spiro atoms. The van der Waals surface area contributed by atoms with Crippen LogP contribution in [0.4, 0.5) is 10.5 Å². The van der Waals surface area contributed by atoms with Gasteiger partial charge in [0, 0.05) is 21.3 Å². The van der Waals surface area contributed by atoms with Gasteiger partial charge in [0.2, 0.25) is 5.12 Å². The molecule has 0 fully saturated rings. The van der Waals surface area contributed by atoms with Crippen molar-refractivity contribution in [1.82, 2.24) is 5.01 Å². The number of amides is 2. The molecule has 0 saturated heterocycles. The monoisotopic (exact) mass is 451 g/mol. The molecule has 1 N–H and O–H groups in total. The predicted octanol–water partition coefficient (Wildman–Crippen LogP) is 4.91. The van der Waals surface area contributed by atoms with Gasteiger partial charge in [0.25, 0.3) is 0 Å². The molecule has 0 aliphatic carbocycles.